The van der Waals surface area contributed by atoms with Gasteiger partial charge in [-0.25, -0.2) is 0 Å². The number of rotatable bonds is 9. The van der Waals surface area contributed by atoms with Gasteiger partial charge >= 0.3 is 0 Å². The van der Waals surface area contributed by atoms with Crippen LogP contribution in [-0.4, -0.2) is 35.8 Å². The van der Waals surface area contributed by atoms with Gasteiger partial charge in [-0.3, -0.25) is 9.59 Å². The molecule has 1 aliphatic heterocycles. The molecule has 2 aromatic carbocycles. The van der Waals surface area contributed by atoms with Crippen molar-refractivity contribution in [2.45, 2.75) is 51.4 Å². The Morgan fingerprint density at radius 3 is 2.27 bits per heavy atom. The van der Waals surface area contributed by atoms with Crippen molar-refractivity contribution < 1.29 is 9.59 Å². The Bertz CT molecular complexity index is 850. The molecule has 1 unspecified atom stereocenters. The molecule has 0 spiro atoms. The Kier molecular flexibility index (Phi) is 7.80. The molecule has 3 rings (SSSR count). The van der Waals surface area contributed by atoms with Crippen LogP contribution in [0.5, 0.6) is 0 Å². The molecule has 158 valence electrons. The van der Waals surface area contributed by atoms with Crippen molar-refractivity contribution in [3.05, 3.63) is 83.4 Å². The molecule has 30 heavy (non-hydrogen) atoms. The number of benzene rings is 2. The average Bonchev–Trinajstić information content (AvgIpc) is 3.21. The molecule has 2 atom stereocenters. The van der Waals surface area contributed by atoms with Gasteiger partial charge in [0.15, 0.2) is 0 Å². The highest BCUT2D eigenvalue weighted by atomic mass is 16.2. The van der Waals surface area contributed by atoms with Crippen LogP contribution in [0.15, 0.2) is 66.7 Å². The van der Waals surface area contributed by atoms with Gasteiger partial charge in [-0.1, -0.05) is 67.6 Å². The molecular weight excluding hydrogens is 374 g/mol. The number of nitrogens with zero attached hydrogens (tertiary/aromatic N) is 1. The first-order valence-electron chi connectivity index (χ1n) is 10.7. The SMILES string of the molecule is CCC(NC)C(=O)N[C@H](/C=C/C(=O)N1Cc2ccccc2C1)CCc1ccccc1. The number of likely N-dealkylation sites (N-methyl/N-ethyl adjacent to an activating group) is 1. The highest BCUT2D eigenvalue weighted by Gasteiger charge is 2.22. The van der Waals surface area contributed by atoms with Gasteiger partial charge in [0.2, 0.25) is 11.8 Å². The lowest BCUT2D eigenvalue weighted by Crippen LogP contribution is -2.46. The molecule has 0 saturated heterocycles. The molecular formula is C25H31N3O2. The summed E-state index contributed by atoms with van der Waals surface area (Å²) >= 11 is 0. The molecule has 1 aliphatic rings. The lowest BCUT2D eigenvalue weighted by molar-refractivity contribution is -0.127. The van der Waals surface area contributed by atoms with Crippen molar-refractivity contribution in [1.29, 1.82) is 0 Å². The van der Waals surface area contributed by atoms with Crippen LogP contribution >= 0.6 is 0 Å². The molecule has 0 aliphatic carbocycles. The maximum atomic E-state index is 12.7. The Labute approximate surface area is 179 Å². The molecule has 2 N–H and O–H groups in total. The first kappa shape index (κ1) is 21.8. The normalized spacial score (nSPS) is 15.1. The number of nitrogens with one attached hydrogen (secondary N) is 2. The number of fused-ring (bicyclic) bond motifs is 1. The Balaban J connectivity index is 1.64. The molecule has 5 nitrogen and oxygen atoms in total. The third kappa shape index (κ3) is 5.80. The number of carbonyl (C=O) groups excluding carboxylic acids is 2. The van der Waals surface area contributed by atoms with Crippen molar-refractivity contribution in [1.82, 2.24) is 15.5 Å². The number of carbonyl (C=O) groups is 2. The predicted octanol–water partition coefficient (Wildman–Crippen LogP) is 3.20. The summed E-state index contributed by atoms with van der Waals surface area (Å²) in [4.78, 5) is 27.1. The van der Waals surface area contributed by atoms with Gasteiger partial charge in [0.05, 0.1) is 6.04 Å². The topological polar surface area (TPSA) is 61.4 Å². The summed E-state index contributed by atoms with van der Waals surface area (Å²) in [7, 11) is 1.79. The fourth-order valence-corrected chi connectivity index (χ4v) is 3.78. The second-order valence-electron chi connectivity index (χ2n) is 7.71. The minimum atomic E-state index is -0.235. The molecule has 0 fully saturated rings. The molecule has 0 bridgehead atoms. The van der Waals surface area contributed by atoms with E-state index in [0.717, 1.165) is 12.8 Å². The maximum Gasteiger partial charge on any atom is 0.246 e. The van der Waals surface area contributed by atoms with Crippen molar-refractivity contribution >= 4 is 11.8 Å². The van der Waals surface area contributed by atoms with E-state index >= 15 is 0 Å². The van der Waals surface area contributed by atoms with E-state index in [2.05, 4.69) is 34.9 Å². The van der Waals surface area contributed by atoms with Gasteiger partial charge in [0.25, 0.3) is 0 Å². The van der Waals surface area contributed by atoms with Gasteiger partial charge in [-0.05, 0) is 43.0 Å². The van der Waals surface area contributed by atoms with Crippen LogP contribution in [0.25, 0.3) is 0 Å². The summed E-state index contributed by atoms with van der Waals surface area (Å²) in [6.45, 7) is 3.25. The summed E-state index contributed by atoms with van der Waals surface area (Å²) < 4.78 is 0. The standard InChI is InChI=1S/C25H31N3O2/c1-3-23(26-2)25(30)27-22(14-13-19-9-5-4-6-10-19)15-16-24(29)28-17-20-11-7-8-12-21(20)18-28/h4-12,15-16,22-23,26H,3,13-14,17-18H2,1-2H3,(H,27,30)/b16-15+/t22-,23?/m0/s1. The van der Waals surface area contributed by atoms with Gasteiger partial charge < -0.3 is 15.5 Å². The predicted molar refractivity (Wildman–Crippen MR) is 120 cm³/mol. The van der Waals surface area contributed by atoms with Crippen molar-refractivity contribution in [2.75, 3.05) is 7.05 Å². The minimum absolute atomic E-state index is 0.0224. The second-order valence-corrected chi connectivity index (χ2v) is 7.71. The zero-order valence-electron chi connectivity index (χ0n) is 17.8. The monoisotopic (exact) mass is 405 g/mol. The molecule has 5 heteroatoms. The van der Waals surface area contributed by atoms with Crippen LogP contribution < -0.4 is 10.6 Å². The minimum Gasteiger partial charge on any atom is -0.349 e. The van der Waals surface area contributed by atoms with E-state index in [9.17, 15) is 9.59 Å². The van der Waals surface area contributed by atoms with E-state index in [1.54, 1.807) is 13.1 Å². The summed E-state index contributed by atoms with van der Waals surface area (Å²) in [5.74, 6) is -0.0606. The summed E-state index contributed by atoms with van der Waals surface area (Å²) in [6.07, 6.45) is 5.73. The Hall–Kier alpha value is -2.92. The maximum absolute atomic E-state index is 12.7. The smallest absolute Gasteiger partial charge is 0.246 e. The van der Waals surface area contributed by atoms with Gasteiger partial charge in [-0.2, -0.15) is 0 Å². The lowest BCUT2D eigenvalue weighted by atomic mass is 10.0. The van der Waals surface area contributed by atoms with E-state index < -0.39 is 0 Å². The van der Waals surface area contributed by atoms with Crippen LogP contribution in [0.4, 0.5) is 0 Å². The van der Waals surface area contributed by atoms with E-state index in [-0.39, 0.29) is 23.9 Å². The van der Waals surface area contributed by atoms with E-state index in [1.807, 2.05) is 48.2 Å². The quantitative estimate of drug-likeness (QED) is 0.630. The zero-order chi connectivity index (χ0) is 21.3. The molecule has 1 heterocycles. The second kappa shape index (κ2) is 10.7. The van der Waals surface area contributed by atoms with Crippen molar-refractivity contribution in [3.8, 4) is 0 Å². The third-order valence-corrected chi connectivity index (χ3v) is 5.61. The van der Waals surface area contributed by atoms with E-state index in [1.165, 1.54) is 16.7 Å². The molecule has 0 saturated carbocycles. The molecule has 2 aromatic rings. The summed E-state index contributed by atoms with van der Waals surface area (Å²) in [6, 6.07) is 17.9. The lowest BCUT2D eigenvalue weighted by Gasteiger charge is -2.20. The number of amides is 2. The molecule has 0 radical (unpaired) electrons. The first-order chi connectivity index (χ1) is 14.6. The fraction of sp³-hybridized carbons (Fsp3) is 0.360. The van der Waals surface area contributed by atoms with E-state index in [4.69, 9.17) is 0 Å². The Morgan fingerprint density at radius 2 is 1.67 bits per heavy atom. The number of hydrogen-bond donors (Lipinski definition) is 2. The number of hydrogen-bond acceptors (Lipinski definition) is 3. The van der Waals surface area contributed by atoms with Crippen LogP contribution in [-0.2, 0) is 29.1 Å². The summed E-state index contributed by atoms with van der Waals surface area (Å²) in [5, 5.41) is 6.13. The first-order valence-corrected chi connectivity index (χ1v) is 10.7. The van der Waals surface area contributed by atoms with Crippen LogP contribution in [0.1, 0.15) is 36.5 Å². The fourth-order valence-electron chi connectivity index (χ4n) is 3.78. The average molecular weight is 406 g/mol. The van der Waals surface area contributed by atoms with Gasteiger partial charge in [0.1, 0.15) is 0 Å². The largest absolute Gasteiger partial charge is 0.349 e. The van der Waals surface area contributed by atoms with Crippen LogP contribution in [0.3, 0.4) is 0 Å². The van der Waals surface area contributed by atoms with Crippen LogP contribution in [0, 0.1) is 0 Å². The number of aryl methyl sites for hydroxylation is 1. The van der Waals surface area contributed by atoms with E-state index in [0.29, 0.717) is 19.5 Å². The molecule has 0 aromatic heterocycles. The van der Waals surface area contributed by atoms with Crippen molar-refractivity contribution in [3.63, 3.8) is 0 Å². The van der Waals surface area contributed by atoms with Gasteiger partial charge in [0, 0.05) is 25.2 Å². The van der Waals surface area contributed by atoms with Crippen molar-refractivity contribution in [2.24, 2.45) is 0 Å². The highest BCUT2D eigenvalue weighted by Crippen LogP contribution is 2.22. The van der Waals surface area contributed by atoms with Crippen LogP contribution in [0.2, 0.25) is 0 Å². The zero-order valence-corrected chi connectivity index (χ0v) is 17.8. The van der Waals surface area contributed by atoms with Gasteiger partial charge in [-0.15, -0.1) is 0 Å². The highest BCUT2D eigenvalue weighted by molar-refractivity contribution is 5.88. The summed E-state index contributed by atoms with van der Waals surface area (Å²) in [5.41, 5.74) is 3.62. The Morgan fingerprint density at radius 1 is 1.03 bits per heavy atom. The third-order valence-electron chi connectivity index (χ3n) is 5.61. The molecule has 2 amide bonds.